The monoisotopic (exact) mass is 513 g/mol. The second kappa shape index (κ2) is 8.84. The molecule has 1 aliphatic rings. The summed E-state index contributed by atoms with van der Waals surface area (Å²) in [5, 5.41) is -0.105. The Balaban J connectivity index is 2.02. The van der Waals surface area contributed by atoms with Gasteiger partial charge >= 0.3 is 0 Å². The first-order chi connectivity index (χ1) is 15.4. The number of ketones is 1. The number of anilines is 1. The first-order valence-electron chi connectivity index (χ1n) is 11.2. The van der Waals surface area contributed by atoms with Gasteiger partial charge in [0, 0.05) is 18.6 Å². The largest absolute Gasteiger partial charge is 0.411 e. The first-order valence-corrected chi connectivity index (χ1v) is 16.2. The normalized spacial score (nSPS) is 22.1. The summed E-state index contributed by atoms with van der Waals surface area (Å²) in [7, 11) is -5.66. The molecule has 0 bridgehead atoms. The molecule has 0 aliphatic carbocycles. The van der Waals surface area contributed by atoms with Crippen LogP contribution < -0.4 is 11.3 Å². The maximum Gasteiger partial charge on any atom is 0.283 e. The summed E-state index contributed by atoms with van der Waals surface area (Å²) in [6.07, 6.45) is -0.813. The van der Waals surface area contributed by atoms with E-state index in [9.17, 15) is 18.0 Å². The second-order valence-electron chi connectivity index (χ2n) is 10.8. The van der Waals surface area contributed by atoms with Gasteiger partial charge in [-0.05, 0) is 18.1 Å². The summed E-state index contributed by atoms with van der Waals surface area (Å²) in [5.41, 5.74) is 5.64. The van der Waals surface area contributed by atoms with E-state index in [1.165, 1.54) is 4.57 Å². The number of fused-ring (bicyclic) bond motifs is 1. The third-order valence-electron chi connectivity index (χ3n) is 6.53. The molecule has 11 nitrogen and oxygen atoms in total. The van der Waals surface area contributed by atoms with Crippen LogP contribution in [0.1, 0.15) is 57.9 Å². The molecule has 1 saturated heterocycles. The van der Waals surface area contributed by atoms with Crippen LogP contribution in [0.2, 0.25) is 18.1 Å². The summed E-state index contributed by atoms with van der Waals surface area (Å²) in [4.78, 5) is 36.7. The van der Waals surface area contributed by atoms with Crippen molar-refractivity contribution in [2.45, 2.75) is 77.6 Å². The zero-order valence-electron chi connectivity index (χ0n) is 21.0. The van der Waals surface area contributed by atoms with Gasteiger partial charge in [0.15, 0.2) is 25.3 Å². The number of hydrogen-bond donors (Lipinski definition) is 2. The Bertz CT molecular complexity index is 1260. The zero-order chi connectivity index (χ0) is 25.8. The second-order valence-corrected chi connectivity index (χ2v) is 17.8. The average molecular weight is 514 g/mol. The number of Topliss-reactive ketones (excluding diaryl/α,β-unsaturated/α-hetero) is 1. The number of nitrogens with one attached hydrogen (secondary N) is 1. The molecule has 0 radical (unpaired) electrons. The van der Waals surface area contributed by atoms with Gasteiger partial charge in [0.2, 0.25) is 11.7 Å². The van der Waals surface area contributed by atoms with Crippen molar-refractivity contribution in [1.82, 2.24) is 19.5 Å². The first kappa shape index (κ1) is 26.5. The third kappa shape index (κ3) is 5.26. The molecule has 34 heavy (non-hydrogen) atoms. The third-order valence-corrected chi connectivity index (χ3v) is 12.0. The lowest BCUT2D eigenvalue weighted by molar-refractivity contribution is -0.00485. The maximum atomic E-state index is 13.3. The molecule has 0 spiro atoms. The molecule has 0 saturated carbocycles. The summed E-state index contributed by atoms with van der Waals surface area (Å²) in [6, 6.07) is 0. The lowest BCUT2D eigenvalue weighted by atomic mass is 10.1. The fraction of sp³-hybridized carbons (Fsp3) is 0.714. The average Bonchev–Trinajstić information content (AvgIpc) is 3.23. The van der Waals surface area contributed by atoms with Crippen molar-refractivity contribution in [2.24, 2.45) is 5.92 Å². The van der Waals surface area contributed by atoms with Crippen LogP contribution >= 0.6 is 0 Å². The van der Waals surface area contributed by atoms with E-state index in [-0.39, 0.29) is 51.8 Å². The molecule has 3 rings (SSSR count). The number of rotatable bonds is 7. The standard InChI is InChI=1S/C21H35N5O6SSi/c1-11(2)16(27)18-23-15-17(24-18)25-20(22)26(19(15)28)14-9-12(13(31-14)10-33(6,29)30)32-34(7,8)21(3,4)5/h11-14H,9-10H2,1-8H3,(H2,22,25)(H,23,24)/t12-,13-,14+/m0/s1. The van der Waals surface area contributed by atoms with Gasteiger partial charge < -0.3 is 19.9 Å². The summed E-state index contributed by atoms with van der Waals surface area (Å²) < 4.78 is 37.9. The van der Waals surface area contributed by atoms with Crippen LogP contribution in [-0.2, 0) is 19.0 Å². The lowest BCUT2D eigenvalue weighted by Crippen LogP contribution is -2.47. The van der Waals surface area contributed by atoms with Crippen molar-refractivity contribution >= 4 is 41.1 Å². The molecule has 3 heterocycles. The van der Waals surface area contributed by atoms with E-state index in [0.29, 0.717) is 0 Å². The van der Waals surface area contributed by atoms with E-state index in [4.69, 9.17) is 14.9 Å². The number of hydrogen-bond acceptors (Lipinski definition) is 9. The van der Waals surface area contributed by atoms with Crippen molar-refractivity contribution in [2.75, 3.05) is 17.7 Å². The number of nitrogens with zero attached hydrogens (tertiary/aromatic N) is 3. The number of imidazole rings is 1. The van der Waals surface area contributed by atoms with Crippen LogP contribution in [0.25, 0.3) is 11.2 Å². The molecular formula is C21H35N5O6SSi. The van der Waals surface area contributed by atoms with Gasteiger partial charge in [0.25, 0.3) is 5.56 Å². The van der Waals surface area contributed by atoms with Crippen molar-refractivity contribution < 1.29 is 22.4 Å². The maximum absolute atomic E-state index is 13.3. The predicted molar refractivity (Wildman–Crippen MR) is 132 cm³/mol. The quantitative estimate of drug-likeness (QED) is 0.418. The van der Waals surface area contributed by atoms with Crippen molar-refractivity contribution in [1.29, 1.82) is 0 Å². The minimum atomic E-state index is -3.38. The zero-order valence-corrected chi connectivity index (χ0v) is 22.8. The molecule has 0 unspecified atom stereocenters. The Labute approximate surface area is 200 Å². The topological polar surface area (TPSA) is 159 Å². The van der Waals surface area contributed by atoms with Gasteiger partial charge in [-0.15, -0.1) is 0 Å². The molecule has 3 N–H and O–H groups in total. The van der Waals surface area contributed by atoms with E-state index in [1.54, 1.807) is 13.8 Å². The number of ether oxygens (including phenoxy) is 1. The van der Waals surface area contributed by atoms with Gasteiger partial charge in [-0.3, -0.25) is 9.59 Å². The highest BCUT2D eigenvalue weighted by Gasteiger charge is 2.46. The summed E-state index contributed by atoms with van der Waals surface area (Å²) >= 11 is 0. The Hall–Kier alpha value is -2.09. The predicted octanol–water partition coefficient (Wildman–Crippen LogP) is 2.26. The molecule has 0 amide bonds. The number of H-pyrrole nitrogens is 1. The van der Waals surface area contributed by atoms with Gasteiger partial charge in [-0.1, -0.05) is 34.6 Å². The highest BCUT2D eigenvalue weighted by Crippen LogP contribution is 2.41. The smallest absolute Gasteiger partial charge is 0.283 e. The fourth-order valence-electron chi connectivity index (χ4n) is 3.64. The van der Waals surface area contributed by atoms with Crippen molar-refractivity contribution in [3.05, 3.63) is 16.2 Å². The van der Waals surface area contributed by atoms with Crippen LogP contribution in [0.5, 0.6) is 0 Å². The molecule has 1 aliphatic heterocycles. The van der Waals surface area contributed by atoms with Crippen LogP contribution in [-0.4, -0.2) is 66.3 Å². The fourth-order valence-corrected chi connectivity index (χ4v) is 5.88. The Morgan fingerprint density at radius 1 is 1.32 bits per heavy atom. The van der Waals surface area contributed by atoms with Gasteiger partial charge in [-0.25, -0.2) is 18.0 Å². The number of carbonyl (C=O) groups excluding carboxylic acids is 1. The Morgan fingerprint density at radius 3 is 2.47 bits per heavy atom. The minimum absolute atomic E-state index is 0.0354. The SMILES string of the molecule is CC(C)C(=O)c1nc2nc(N)n([C@H]3C[C@H](O[Si](C)(C)C(C)(C)C)[C@H](CS(C)(=O)=O)O3)c(=O)c2[nH]1. The number of nitrogen functional groups attached to an aromatic ring is 1. The Morgan fingerprint density at radius 2 is 1.94 bits per heavy atom. The number of aromatic amines is 1. The van der Waals surface area contributed by atoms with Gasteiger partial charge in [0.1, 0.15) is 16.1 Å². The van der Waals surface area contributed by atoms with E-state index in [1.807, 2.05) is 0 Å². The highest BCUT2D eigenvalue weighted by molar-refractivity contribution is 7.90. The van der Waals surface area contributed by atoms with Crippen LogP contribution in [0, 0.1) is 5.92 Å². The molecule has 2 aromatic heterocycles. The van der Waals surface area contributed by atoms with Crippen LogP contribution in [0.3, 0.4) is 0 Å². The summed E-state index contributed by atoms with van der Waals surface area (Å²) in [5.74, 6) is -0.916. The van der Waals surface area contributed by atoms with Gasteiger partial charge in [-0.2, -0.15) is 4.98 Å². The van der Waals surface area contributed by atoms with E-state index < -0.39 is 42.1 Å². The lowest BCUT2D eigenvalue weighted by Gasteiger charge is -2.39. The summed E-state index contributed by atoms with van der Waals surface area (Å²) in [6.45, 7) is 13.9. The van der Waals surface area contributed by atoms with Crippen molar-refractivity contribution in [3.63, 3.8) is 0 Å². The molecule has 13 heteroatoms. The van der Waals surface area contributed by atoms with Crippen LogP contribution in [0.15, 0.2) is 4.79 Å². The number of aromatic nitrogens is 4. The number of sulfone groups is 1. The van der Waals surface area contributed by atoms with E-state index in [0.717, 1.165) is 6.26 Å². The van der Waals surface area contributed by atoms with Crippen LogP contribution in [0.4, 0.5) is 5.95 Å². The molecule has 0 aromatic carbocycles. The number of nitrogens with two attached hydrogens (primary N) is 1. The molecule has 3 atom stereocenters. The molecule has 2 aromatic rings. The molecular weight excluding hydrogens is 478 g/mol. The van der Waals surface area contributed by atoms with E-state index in [2.05, 4.69) is 48.8 Å². The van der Waals surface area contributed by atoms with Crippen molar-refractivity contribution in [3.8, 4) is 0 Å². The molecule has 190 valence electrons. The number of carbonyl (C=O) groups is 1. The Kier molecular flexibility index (Phi) is 6.90. The molecule has 1 fully saturated rings. The van der Waals surface area contributed by atoms with E-state index >= 15 is 0 Å². The minimum Gasteiger partial charge on any atom is -0.411 e. The van der Waals surface area contributed by atoms with Gasteiger partial charge in [0.05, 0.1) is 18.0 Å². The highest BCUT2D eigenvalue weighted by atomic mass is 32.2.